The van der Waals surface area contributed by atoms with Crippen molar-refractivity contribution < 1.29 is 0 Å². The van der Waals surface area contributed by atoms with Gasteiger partial charge in [0.1, 0.15) is 0 Å². The van der Waals surface area contributed by atoms with Crippen LogP contribution in [0.2, 0.25) is 0 Å². The molecule has 0 bridgehead atoms. The highest BCUT2D eigenvalue weighted by Gasteiger charge is 2.40. The molecule has 102 valence electrons. The number of piperazine rings is 1. The summed E-state index contributed by atoms with van der Waals surface area (Å²) in [6, 6.07) is 0. The van der Waals surface area contributed by atoms with Crippen LogP contribution in [0.4, 0.5) is 0 Å². The lowest BCUT2D eigenvalue weighted by molar-refractivity contribution is 0.0169. The Labute approximate surface area is 115 Å². The lowest BCUT2D eigenvalue weighted by Crippen LogP contribution is -2.67. The van der Waals surface area contributed by atoms with E-state index >= 15 is 0 Å². The van der Waals surface area contributed by atoms with Gasteiger partial charge in [-0.25, -0.2) is 0 Å². The number of hydrogen-bond acceptors (Lipinski definition) is 4. The van der Waals surface area contributed by atoms with Gasteiger partial charge in [-0.05, 0) is 26.7 Å². The van der Waals surface area contributed by atoms with Crippen LogP contribution in [0.3, 0.4) is 0 Å². The van der Waals surface area contributed by atoms with Crippen molar-refractivity contribution >= 4 is 11.3 Å². The summed E-state index contributed by atoms with van der Waals surface area (Å²) in [5.41, 5.74) is 2.44. The fraction of sp³-hybridized carbons (Fsp3) is 0.786. The quantitative estimate of drug-likeness (QED) is 0.909. The third-order valence-corrected chi connectivity index (χ3v) is 5.19. The molecule has 1 aliphatic rings. The van der Waals surface area contributed by atoms with Crippen molar-refractivity contribution in [1.29, 1.82) is 0 Å². The Bertz CT molecular complexity index is 368. The van der Waals surface area contributed by atoms with E-state index in [9.17, 15) is 0 Å². The topological polar surface area (TPSA) is 28.2 Å². The molecule has 1 aromatic heterocycles. The van der Waals surface area contributed by atoms with Gasteiger partial charge in [0.2, 0.25) is 0 Å². The molecule has 1 N–H and O–H groups in total. The van der Waals surface area contributed by atoms with Crippen LogP contribution in [0.5, 0.6) is 0 Å². The first-order chi connectivity index (χ1) is 8.51. The molecule has 0 aromatic carbocycles. The maximum absolute atomic E-state index is 4.19. The van der Waals surface area contributed by atoms with Gasteiger partial charge in [0.25, 0.3) is 0 Å². The summed E-state index contributed by atoms with van der Waals surface area (Å²) in [7, 11) is 0. The molecule has 1 aromatic rings. The van der Waals surface area contributed by atoms with Gasteiger partial charge in [-0.15, -0.1) is 11.3 Å². The zero-order valence-electron chi connectivity index (χ0n) is 12.0. The van der Waals surface area contributed by atoms with E-state index in [1.165, 1.54) is 17.7 Å². The summed E-state index contributed by atoms with van der Waals surface area (Å²) in [5, 5.41) is 3.78. The van der Waals surface area contributed by atoms with Crippen molar-refractivity contribution in [3.05, 3.63) is 16.6 Å². The first-order valence-corrected chi connectivity index (χ1v) is 7.77. The van der Waals surface area contributed by atoms with E-state index < -0.39 is 0 Å². The lowest BCUT2D eigenvalue weighted by atomic mass is 9.85. The summed E-state index contributed by atoms with van der Waals surface area (Å²) >= 11 is 1.76. The monoisotopic (exact) mass is 267 g/mol. The lowest BCUT2D eigenvalue weighted by Gasteiger charge is -2.51. The van der Waals surface area contributed by atoms with Gasteiger partial charge in [0.15, 0.2) is 0 Å². The third kappa shape index (κ3) is 2.76. The van der Waals surface area contributed by atoms with Gasteiger partial charge in [-0.2, -0.15) is 0 Å². The van der Waals surface area contributed by atoms with E-state index in [4.69, 9.17) is 0 Å². The number of aromatic nitrogens is 1. The van der Waals surface area contributed by atoms with Gasteiger partial charge in [-0.1, -0.05) is 13.8 Å². The van der Waals surface area contributed by atoms with Crippen molar-refractivity contribution in [3.63, 3.8) is 0 Å². The fourth-order valence-electron chi connectivity index (χ4n) is 2.65. The Hall–Kier alpha value is -0.450. The van der Waals surface area contributed by atoms with Crippen molar-refractivity contribution in [1.82, 2.24) is 15.2 Å². The number of rotatable bonds is 4. The fourth-order valence-corrected chi connectivity index (χ4v) is 3.26. The minimum atomic E-state index is 0.220. The highest BCUT2D eigenvalue weighted by atomic mass is 32.1. The molecule has 0 amide bonds. The van der Waals surface area contributed by atoms with E-state index in [0.29, 0.717) is 5.54 Å². The zero-order chi connectivity index (χ0) is 13.2. The molecule has 2 heterocycles. The Morgan fingerprint density at radius 1 is 1.39 bits per heavy atom. The van der Waals surface area contributed by atoms with Crippen molar-refractivity contribution in [3.8, 4) is 0 Å². The number of nitrogens with zero attached hydrogens (tertiary/aromatic N) is 2. The third-order valence-electron chi connectivity index (χ3n) is 4.43. The SMILES string of the molecule is CCC1(CC)CN(Cc2cncs2)C(C)(C)CN1. The molecule has 3 nitrogen and oxygen atoms in total. The Morgan fingerprint density at radius 2 is 2.11 bits per heavy atom. The smallest absolute Gasteiger partial charge is 0.0794 e. The predicted octanol–water partition coefficient (Wildman–Crippen LogP) is 2.89. The van der Waals surface area contributed by atoms with Gasteiger partial charge >= 0.3 is 0 Å². The number of hydrogen-bond donors (Lipinski definition) is 1. The highest BCUT2D eigenvalue weighted by molar-refractivity contribution is 7.09. The molecule has 0 spiro atoms. The second-order valence-electron chi connectivity index (χ2n) is 5.98. The number of nitrogens with one attached hydrogen (secondary N) is 1. The van der Waals surface area contributed by atoms with Crippen molar-refractivity contribution in [2.75, 3.05) is 13.1 Å². The summed E-state index contributed by atoms with van der Waals surface area (Å²) < 4.78 is 0. The Kier molecular flexibility index (Phi) is 4.09. The Morgan fingerprint density at radius 3 is 2.67 bits per heavy atom. The molecule has 0 unspecified atom stereocenters. The highest BCUT2D eigenvalue weighted by Crippen LogP contribution is 2.29. The molecule has 18 heavy (non-hydrogen) atoms. The normalized spacial score (nSPS) is 23.1. The largest absolute Gasteiger partial charge is 0.308 e. The van der Waals surface area contributed by atoms with Gasteiger partial charge in [0.05, 0.1) is 5.51 Å². The maximum Gasteiger partial charge on any atom is 0.0794 e. The van der Waals surface area contributed by atoms with E-state index in [-0.39, 0.29) is 5.54 Å². The summed E-state index contributed by atoms with van der Waals surface area (Å²) in [6.07, 6.45) is 4.39. The predicted molar refractivity (Wildman–Crippen MR) is 77.9 cm³/mol. The summed E-state index contributed by atoms with van der Waals surface area (Å²) in [5.74, 6) is 0. The van der Waals surface area contributed by atoms with Gasteiger partial charge in [0, 0.05) is 41.8 Å². The average molecular weight is 267 g/mol. The van der Waals surface area contributed by atoms with Crippen LogP contribution in [0.15, 0.2) is 11.7 Å². The van der Waals surface area contributed by atoms with E-state index in [2.05, 4.69) is 42.9 Å². The minimum Gasteiger partial charge on any atom is -0.308 e. The van der Waals surface area contributed by atoms with Crippen LogP contribution < -0.4 is 5.32 Å². The first-order valence-electron chi connectivity index (χ1n) is 6.89. The molecule has 0 aliphatic carbocycles. The molecule has 0 saturated carbocycles. The van der Waals surface area contributed by atoms with Crippen LogP contribution in [0.1, 0.15) is 45.4 Å². The summed E-state index contributed by atoms with van der Waals surface area (Å²) in [4.78, 5) is 8.17. The van der Waals surface area contributed by atoms with E-state index in [0.717, 1.165) is 19.6 Å². The van der Waals surface area contributed by atoms with Crippen LogP contribution >= 0.6 is 11.3 Å². The van der Waals surface area contributed by atoms with Gasteiger partial charge < -0.3 is 5.32 Å². The van der Waals surface area contributed by atoms with Crippen LogP contribution in [-0.2, 0) is 6.54 Å². The standard InChI is InChI=1S/C14H25N3S/c1-5-14(6-2)10-17(13(3,4)9-16-14)8-12-7-15-11-18-12/h7,11,16H,5-6,8-10H2,1-4H3. The van der Waals surface area contributed by atoms with Crippen LogP contribution in [-0.4, -0.2) is 34.1 Å². The molecule has 1 aliphatic heterocycles. The molecule has 0 atom stereocenters. The molecule has 1 fully saturated rings. The first kappa shape index (κ1) is 14.0. The zero-order valence-corrected chi connectivity index (χ0v) is 12.8. The Balaban J connectivity index is 2.13. The maximum atomic E-state index is 4.19. The molecule has 4 heteroatoms. The average Bonchev–Trinajstić information content (AvgIpc) is 2.85. The van der Waals surface area contributed by atoms with Crippen molar-refractivity contribution in [2.45, 2.75) is 58.2 Å². The second-order valence-corrected chi connectivity index (χ2v) is 6.95. The summed E-state index contributed by atoms with van der Waals surface area (Å²) in [6.45, 7) is 12.5. The van der Waals surface area contributed by atoms with Gasteiger partial charge in [-0.3, -0.25) is 9.88 Å². The van der Waals surface area contributed by atoms with E-state index in [1.54, 1.807) is 11.3 Å². The molecule has 0 radical (unpaired) electrons. The molecule has 1 saturated heterocycles. The molecular weight excluding hydrogens is 242 g/mol. The molecule has 2 rings (SSSR count). The van der Waals surface area contributed by atoms with E-state index in [1.807, 2.05) is 11.7 Å². The van der Waals surface area contributed by atoms with Crippen LogP contribution in [0.25, 0.3) is 0 Å². The number of thiazole rings is 1. The second kappa shape index (κ2) is 5.27. The minimum absolute atomic E-state index is 0.220. The molecular formula is C14H25N3S. The van der Waals surface area contributed by atoms with Crippen molar-refractivity contribution in [2.24, 2.45) is 0 Å². The van der Waals surface area contributed by atoms with Crippen LogP contribution in [0, 0.1) is 0 Å².